The lowest BCUT2D eigenvalue weighted by Gasteiger charge is -2.21. The Bertz CT molecular complexity index is 601. The molecule has 0 bridgehead atoms. The van der Waals surface area contributed by atoms with Crippen LogP contribution in [0.5, 0.6) is 5.88 Å². The van der Waals surface area contributed by atoms with Gasteiger partial charge in [0.15, 0.2) is 0 Å². The Morgan fingerprint density at radius 2 is 2.18 bits per heavy atom. The average Bonchev–Trinajstić information content (AvgIpc) is 2.71. The van der Waals surface area contributed by atoms with Crippen LogP contribution in [-0.2, 0) is 15.1 Å². The number of nitrogens with zero attached hydrogens (tertiary/aromatic N) is 2. The monoisotopic (exact) mass is 307 g/mol. The van der Waals surface area contributed by atoms with Gasteiger partial charge in [0.25, 0.3) is 5.91 Å². The van der Waals surface area contributed by atoms with E-state index in [4.69, 9.17) is 9.84 Å². The van der Waals surface area contributed by atoms with Crippen molar-refractivity contribution in [3.05, 3.63) is 23.9 Å². The van der Waals surface area contributed by atoms with Crippen molar-refractivity contribution in [2.24, 2.45) is 0 Å². The number of amides is 3. The topological polar surface area (TPSA) is 109 Å². The quantitative estimate of drug-likeness (QED) is 0.750. The molecule has 1 aliphatic heterocycles. The number of aliphatic carboxylic acids is 1. The second-order valence-corrected chi connectivity index (χ2v) is 5.10. The van der Waals surface area contributed by atoms with Gasteiger partial charge in [-0.1, -0.05) is 0 Å². The lowest BCUT2D eigenvalue weighted by Crippen LogP contribution is -2.41. The first-order valence-corrected chi connectivity index (χ1v) is 6.75. The molecule has 8 nitrogen and oxygen atoms in total. The molecule has 22 heavy (non-hydrogen) atoms. The number of hydrogen-bond acceptors (Lipinski definition) is 5. The molecule has 2 rings (SSSR count). The van der Waals surface area contributed by atoms with Crippen LogP contribution in [0.3, 0.4) is 0 Å². The van der Waals surface area contributed by atoms with E-state index >= 15 is 0 Å². The number of carbonyl (C=O) groups excluding carboxylic acids is 2. The van der Waals surface area contributed by atoms with E-state index in [2.05, 4.69) is 10.3 Å². The van der Waals surface area contributed by atoms with E-state index in [0.717, 1.165) is 4.90 Å². The fourth-order valence-corrected chi connectivity index (χ4v) is 2.28. The van der Waals surface area contributed by atoms with Crippen molar-refractivity contribution in [2.75, 3.05) is 13.7 Å². The summed E-state index contributed by atoms with van der Waals surface area (Å²) in [5.74, 6) is -0.980. The number of nitrogens with one attached hydrogen (secondary N) is 1. The van der Waals surface area contributed by atoms with Crippen LogP contribution in [0.1, 0.15) is 25.3 Å². The molecule has 1 aromatic heterocycles. The van der Waals surface area contributed by atoms with Gasteiger partial charge in [0.1, 0.15) is 5.54 Å². The van der Waals surface area contributed by atoms with Crippen LogP contribution in [0.2, 0.25) is 0 Å². The summed E-state index contributed by atoms with van der Waals surface area (Å²) in [4.78, 5) is 40.1. The van der Waals surface area contributed by atoms with Crippen LogP contribution in [0, 0.1) is 0 Å². The Hall–Kier alpha value is -2.64. The van der Waals surface area contributed by atoms with E-state index in [9.17, 15) is 14.4 Å². The highest BCUT2D eigenvalue weighted by molar-refractivity contribution is 6.07. The molecule has 8 heteroatoms. The number of aromatic nitrogens is 1. The normalized spacial score (nSPS) is 20.9. The van der Waals surface area contributed by atoms with E-state index in [-0.39, 0.29) is 19.4 Å². The first kappa shape index (κ1) is 15.7. The Balaban J connectivity index is 2.15. The van der Waals surface area contributed by atoms with Gasteiger partial charge in [0.2, 0.25) is 5.88 Å². The van der Waals surface area contributed by atoms with Crippen molar-refractivity contribution in [2.45, 2.75) is 25.3 Å². The highest BCUT2D eigenvalue weighted by Gasteiger charge is 2.48. The van der Waals surface area contributed by atoms with E-state index in [1.807, 2.05) is 0 Å². The molecule has 1 fully saturated rings. The van der Waals surface area contributed by atoms with Gasteiger partial charge in [-0.3, -0.25) is 14.5 Å². The number of carboxylic acid groups (broad SMARTS) is 1. The van der Waals surface area contributed by atoms with Gasteiger partial charge in [-0.2, -0.15) is 0 Å². The molecule has 0 aliphatic carbocycles. The highest BCUT2D eigenvalue weighted by atomic mass is 16.5. The standard InChI is InChI=1S/C14H17N3O5/c1-14(9-5-6-10(22-2)15-8-9)12(20)17(13(21)16-14)7-3-4-11(18)19/h5-6,8H,3-4,7H2,1-2H3,(H,16,21)(H,18,19). The number of methoxy groups -OCH3 is 1. The summed E-state index contributed by atoms with van der Waals surface area (Å²) in [7, 11) is 1.48. The molecule has 0 radical (unpaired) electrons. The summed E-state index contributed by atoms with van der Waals surface area (Å²) in [6.07, 6.45) is 1.58. The third kappa shape index (κ3) is 2.85. The van der Waals surface area contributed by atoms with Gasteiger partial charge in [-0.25, -0.2) is 9.78 Å². The molecule has 1 aromatic rings. The maximum Gasteiger partial charge on any atom is 0.325 e. The number of carboxylic acids is 1. The molecule has 0 saturated carbocycles. The Morgan fingerprint density at radius 3 is 2.73 bits per heavy atom. The minimum Gasteiger partial charge on any atom is -0.481 e. The molecular formula is C14H17N3O5. The van der Waals surface area contributed by atoms with Gasteiger partial charge in [-0.15, -0.1) is 0 Å². The molecule has 1 atom stereocenters. The minimum absolute atomic E-state index is 0.0656. The van der Waals surface area contributed by atoms with Crippen LogP contribution in [0.15, 0.2) is 18.3 Å². The number of pyridine rings is 1. The van der Waals surface area contributed by atoms with Gasteiger partial charge in [0.05, 0.1) is 7.11 Å². The van der Waals surface area contributed by atoms with Crippen LogP contribution >= 0.6 is 0 Å². The Labute approximate surface area is 127 Å². The Morgan fingerprint density at radius 1 is 1.45 bits per heavy atom. The highest BCUT2D eigenvalue weighted by Crippen LogP contribution is 2.29. The smallest absolute Gasteiger partial charge is 0.325 e. The second kappa shape index (κ2) is 6.00. The Kier molecular flexibility index (Phi) is 4.30. The summed E-state index contributed by atoms with van der Waals surface area (Å²) in [6.45, 7) is 1.66. The fourth-order valence-electron chi connectivity index (χ4n) is 2.28. The summed E-state index contributed by atoms with van der Waals surface area (Å²) >= 11 is 0. The molecule has 1 saturated heterocycles. The van der Waals surface area contributed by atoms with Crippen molar-refractivity contribution in [3.63, 3.8) is 0 Å². The molecule has 0 spiro atoms. The third-order valence-electron chi connectivity index (χ3n) is 3.57. The third-order valence-corrected chi connectivity index (χ3v) is 3.57. The van der Waals surface area contributed by atoms with Crippen molar-refractivity contribution in [3.8, 4) is 5.88 Å². The minimum atomic E-state index is -1.21. The van der Waals surface area contributed by atoms with Crippen LogP contribution in [0.4, 0.5) is 4.79 Å². The van der Waals surface area contributed by atoms with Crippen LogP contribution in [-0.4, -0.2) is 46.6 Å². The van der Waals surface area contributed by atoms with Crippen LogP contribution in [0.25, 0.3) is 0 Å². The van der Waals surface area contributed by atoms with Gasteiger partial charge >= 0.3 is 12.0 Å². The van der Waals surface area contributed by atoms with Crippen molar-refractivity contribution < 1.29 is 24.2 Å². The molecule has 1 unspecified atom stereocenters. The number of carbonyl (C=O) groups is 3. The van der Waals surface area contributed by atoms with E-state index in [1.165, 1.54) is 13.3 Å². The summed E-state index contributed by atoms with van der Waals surface area (Å²) in [5.41, 5.74) is -0.674. The number of urea groups is 1. The van der Waals surface area contributed by atoms with Gasteiger partial charge in [-0.05, 0) is 19.4 Å². The van der Waals surface area contributed by atoms with Crippen LogP contribution < -0.4 is 10.1 Å². The van der Waals surface area contributed by atoms with Crippen molar-refractivity contribution >= 4 is 17.9 Å². The first-order chi connectivity index (χ1) is 10.4. The second-order valence-electron chi connectivity index (χ2n) is 5.10. The molecule has 2 N–H and O–H groups in total. The zero-order valence-corrected chi connectivity index (χ0v) is 12.3. The average molecular weight is 307 g/mol. The van der Waals surface area contributed by atoms with Gasteiger partial charge in [0, 0.05) is 30.8 Å². The van der Waals surface area contributed by atoms with E-state index in [0.29, 0.717) is 11.4 Å². The molecule has 0 aromatic carbocycles. The summed E-state index contributed by atoms with van der Waals surface area (Å²) < 4.78 is 4.96. The zero-order chi connectivity index (χ0) is 16.3. The van der Waals surface area contributed by atoms with Crippen molar-refractivity contribution in [1.82, 2.24) is 15.2 Å². The van der Waals surface area contributed by atoms with E-state index < -0.39 is 23.4 Å². The number of rotatable bonds is 6. The number of ether oxygens (including phenoxy) is 1. The number of imide groups is 1. The summed E-state index contributed by atoms with van der Waals surface area (Å²) in [5, 5.41) is 11.3. The predicted octanol–water partition coefficient (Wildman–Crippen LogP) is 0.722. The molecule has 118 valence electrons. The molecule has 1 aliphatic rings. The van der Waals surface area contributed by atoms with E-state index in [1.54, 1.807) is 19.1 Å². The SMILES string of the molecule is COc1ccc(C2(C)NC(=O)N(CCCC(=O)O)C2=O)cn1. The number of hydrogen-bond donors (Lipinski definition) is 2. The molecule has 3 amide bonds. The van der Waals surface area contributed by atoms with Gasteiger partial charge < -0.3 is 15.2 Å². The van der Waals surface area contributed by atoms with Crippen molar-refractivity contribution in [1.29, 1.82) is 0 Å². The molecular weight excluding hydrogens is 290 g/mol. The fraction of sp³-hybridized carbons (Fsp3) is 0.429. The first-order valence-electron chi connectivity index (χ1n) is 6.75. The lowest BCUT2D eigenvalue weighted by molar-refractivity contribution is -0.138. The molecule has 2 heterocycles. The predicted molar refractivity (Wildman–Crippen MR) is 75.3 cm³/mol. The summed E-state index contributed by atoms with van der Waals surface area (Å²) in [6, 6.07) is 2.73. The maximum absolute atomic E-state index is 12.5. The largest absolute Gasteiger partial charge is 0.481 e. The maximum atomic E-state index is 12.5. The zero-order valence-electron chi connectivity index (χ0n) is 12.3. The lowest BCUT2D eigenvalue weighted by atomic mass is 9.93.